The van der Waals surface area contributed by atoms with Crippen molar-refractivity contribution in [3.05, 3.63) is 72.1 Å². The van der Waals surface area contributed by atoms with Crippen LogP contribution in [0.1, 0.15) is 29.5 Å². The van der Waals surface area contributed by atoms with Gasteiger partial charge in [-0.2, -0.15) is 5.10 Å². The molecule has 1 unspecified atom stereocenters. The van der Waals surface area contributed by atoms with Crippen molar-refractivity contribution >= 4 is 29.9 Å². The van der Waals surface area contributed by atoms with Crippen molar-refractivity contribution in [2.75, 3.05) is 26.7 Å². The Morgan fingerprint density at radius 1 is 1.28 bits per heavy atom. The molecule has 0 amide bonds. The van der Waals surface area contributed by atoms with Crippen LogP contribution in [0.15, 0.2) is 60.1 Å². The largest absolute Gasteiger partial charge is 0.370 e. The molecule has 1 N–H and O–H groups in total. The summed E-state index contributed by atoms with van der Waals surface area (Å²) in [5, 5.41) is 7.75. The van der Waals surface area contributed by atoms with E-state index in [4.69, 9.17) is 4.74 Å². The minimum Gasteiger partial charge on any atom is -0.370 e. The number of hydrogen-bond acceptors (Lipinski definition) is 4. The summed E-state index contributed by atoms with van der Waals surface area (Å²) in [6, 6.07) is 10.6. The molecule has 32 heavy (non-hydrogen) atoms. The molecule has 0 aliphatic carbocycles. The first-order valence-electron chi connectivity index (χ1n) is 10.8. The van der Waals surface area contributed by atoms with Gasteiger partial charge in [0.25, 0.3) is 0 Å². The zero-order chi connectivity index (χ0) is 21.5. The number of guanidine groups is 1. The molecule has 2 aromatic heterocycles. The summed E-state index contributed by atoms with van der Waals surface area (Å²) in [7, 11) is 3.75. The normalized spacial score (nSPS) is 16.6. The molecule has 0 radical (unpaired) electrons. The van der Waals surface area contributed by atoms with Gasteiger partial charge in [-0.1, -0.05) is 30.3 Å². The standard InChI is InChI=1S/C23H31N7O.HI/c1-24-23(30-13-14-31-21(18-30)20-15-27-28(2)17-20)26-16-22-25-10-12-29(22)11-6-9-19-7-4-3-5-8-19;/h3-5,7-8,10,12,15,17,21H,6,9,11,13-14,16,18H2,1-2H3,(H,24,26);1H. The third kappa shape index (κ3) is 6.32. The second-order valence-corrected chi connectivity index (χ2v) is 7.78. The first-order chi connectivity index (χ1) is 15.2. The highest BCUT2D eigenvalue weighted by molar-refractivity contribution is 14.0. The molecular formula is C23H32IN7O. The number of benzene rings is 1. The van der Waals surface area contributed by atoms with Crippen molar-refractivity contribution < 1.29 is 4.74 Å². The molecule has 0 bridgehead atoms. The summed E-state index contributed by atoms with van der Waals surface area (Å²) in [5.74, 6) is 1.89. The maximum absolute atomic E-state index is 5.96. The molecule has 3 heterocycles. The summed E-state index contributed by atoms with van der Waals surface area (Å²) >= 11 is 0. The lowest BCUT2D eigenvalue weighted by atomic mass is 10.1. The second-order valence-electron chi connectivity index (χ2n) is 7.78. The van der Waals surface area contributed by atoms with Crippen LogP contribution in [0.2, 0.25) is 0 Å². The van der Waals surface area contributed by atoms with Gasteiger partial charge in [-0.05, 0) is 18.4 Å². The van der Waals surface area contributed by atoms with Gasteiger partial charge in [-0.15, -0.1) is 24.0 Å². The van der Waals surface area contributed by atoms with Gasteiger partial charge in [0.2, 0.25) is 0 Å². The van der Waals surface area contributed by atoms with Gasteiger partial charge in [0.1, 0.15) is 11.9 Å². The van der Waals surface area contributed by atoms with Crippen LogP contribution < -0.4 is 5.32 Å². The molecule has 0 spiro atoms. The van der Waals surface area contributed by atoms with E-state index in [9.17, 15) is 0 Å². The van der Waals surface area contributed by atoms with Gasteiger partial charge in [0.05, 0.1) is 25.9 Å². The average Bonchev–Trinajstić information content (AvgIpc) is 3.44. The molecule has 9 heteroatoms. The van der Waals surface area contributed by atoms with Gasteiger partial charge in [-0.3, -0.25) is 9.67 Å². The number of imidazole rings is 1. The summed E-state index contributed by atoms with van der Waals surface area (Å²) in [6.07, 6.45) is 9.96. The van der Waals surface area contributed by atoms with Gasteiger partial charge >= 0.3 is 0 Å². The van der Waals surface area contributed by atoms with Crippen LogP contribution in [0.4, 0.5) is 0 Å². The van der Waals surface area contributed by atoms with E-state index in [0.717, 1.165) is 49.8 Å². The van der Waals surface area contributed by atoms with Crippen LogP contribution in [0, 0.1) is 0 Å². The van der Waals surface area contributed by atoms with E-state index < -0.39 is 0 Å². The smallest absolute Gasteiger partial charge is 0.194 e. The van der Waals surface area contributed by atoms with Crippen molar-refractivity contribution in [1.82, 2.24) is 29.5 Å². The number of aromatic nitrogens is 4. The lowest BCUT2D eigenvalue weighted by molar-refractivity contribution is -0.00806. The number of nitrogens with zero attached hydrogens (tertiary/aromatic N) is 6. The molecule has 1 fully saturated rings. The fraction of sp³-hybridized carbons (Fsp3) is 0.435. The van der Waals surface area contributed by atoms with Crippen molar-refractivity contribution in [1.29, 1.82) is 0 Å². The Kier molecular flexibility index (Phi) is 9.10. The molecule has 1 aliphatic rings. The molecule has 0 saturated carbocycles. The van der Waals surface area contributed by atoms with E-state index in [0.29, 0.717) is 13.2 Å². The van der Waals surface area contributed by atoms with Crippen LogP contribution in [0.3, 0.4) is 0 Å². The lowest BCUT2D eigenvalue weighted by Gasteiger charge is -2.34. The molecule has 4 rings (SSSR count). The molecular weight excluding hydrogens is 517 g/mol. The number of morpholine rings is 1. The minimum absolute atomic E-state index is 0. The molecule has 1 saturated heterocycles. The number of nitrogens with one attached hydrogen (secondary N) is 1. The number of hydrogen-bond donors (Lipinski definition) is 1. The molecule has 3 aromatic rings. The van der Waals surface area contributed by atoms with Crippen molar-refractivity contribution in [3.8, 4) is 0 Å². The highest BCUT2D eigenvalue weighted by Crippen LogP contribution is 2.21. The van der Waals surface area contributed by atoms with E-state index in [1.807, 2.05) is 37.4 Å². The predicted octanol–water partition coefficient (Wildman–Crippen LogP) is 3.02. The molecule has 172 valence electrons. The Morgan fingerprint density at radius 3 is 2.88 bits per heavy atom. The van der Waals surface area contributed by atoms with Gasteiger partial charge in [0.15, 0.2) is 5.96 Å². The van der Waals surface area contributed by atoms with Crippen LogP contribution in [0.25, 0.3) is 0 Å². The number of aryl methyl sites for hydroxylation is 3. The van der Waals surface area contributed by atoms with Crippen LogP contribution in [-0.2, 0) is 31.3 Å². The van der Waals surface area contributed by atoms with Gasteiger partial charge in [-0.25, -0.2) is 4.98 Å². The van der Waals surface area contributed by atoms with E-state index in [2.05, 4.69) is 66.4 Å². The molecule has 1 atom stereocenters. The number of aliphatic imine (C=N–C) groups is 1. The summed E-state index contributed by atoms with van der Waals surface area (Å²) < 4.78 is 9.99. The Morgan fingerprint density at radius 2 is 2.12 bits per heavy atom. The van der Waals surface area contributed by atoms with Gasteiger partial charge < -0.3 is 19.5 Å². The Hall–Kier alpha value is -2.40. The zero-order valence-electron chi connectivity index (χ0n) is 18.7. The van der Waals surface area contributed by atoms with Crippen molar-refractivity contribution in [2.24, 2.45) is 12.0 Å². The Labute approximate surface area is 206 Å². The minimum atomic E-state index is 0. The van der Waals surface area contributed by atoms with E-state index >= 15 is 0 Å². The number of rotatable bonds is 7. The zero-order valence-corrected chi connectivity index (χ0v) is 21.1. The molecule has 1 aromatic carbocycles. The van der Waals surface area contributed by atoms with E-state index in [-0.39, 0.29) is 30.1 Å². The summed E-state index contributed by atoms with van der Waals surface area (Å²) in [6.45, 7) is 3.80. The van der Waals surface area contributed by atoms with E-state index in [1.54, 1.807) is 0 Å². The molecule has 8 nitrogen and oxygen atoms in total. The number of halogens is 1. The fourth-order valence-electron chi connectivity index (χ4n) is 3.95. The second kappa shape index (κ2) is 12.0. The van der Waals surface area contributed by atoms with E-state index in [1.165, 1.54) is 5.56 Å². The maximum Gasteiger partial charge on any atom is 0.194 e. The van der Waals surface area contributed by atoms with Crippen molar-refractivity contribution in [2.45, 2.75) is 32.0 Å². The third-order valence-corrected chi connectivity index (χ3v) is 5.59. The fourth-order valence-corrected chi connectivity index (χ4v) is 3.95. The summed E-state index contributed by atoms with van der Waals surface area (Å²) in [4.78, 5) is 11.3. The highest BCUT2D eigenvalue weighted by Gasteiger charge is 2.25. The number of ether oxygens (including phenoxy) is 1. The quantitative estimate of drug-likeness (QED) is 0.279. The highest BCUT2D eigenvalue weighted by atomic mass is 127. The first-order valence-corrected chi connectivity index (χ1v) is 10.8. The maximum atomic E-state index is 5.96. The van der Waals surface area contributed by atoms with Crippen LogP contribution >= 0.6 is 24.0 Å². The van der Waals surface area contributed by atoms with Crippen molar-refractivity contribution in [3.63, 3.8) is 0 Å². The SMILES string of the molecule is CN=C(NCc1nccn1CCCc1ccccc1)N1CCOC(c2cnn(C)c2)C1.I. The van der Waals surface area contributed by atoms with Gasteiger partial charge in [0, 0.05) is 51.3 Å². The first kappa shape index (κ1) is 24.2. The van der Waals surface area contributed by atoms with Crippen LogP contribution in [0.5, 0.6) is 0 Å². The Balaban J connectivity index is 0.00000289. The average molecular weight is 549 g/mol. The third-order valence-electron chi connectivity index (χ3n) is 5.59. The summed E-state index contributed by atoms with van der Waals surface area (Å²) in [5.41, 5.74) is 2.47. The topological polar surface area (TPSA) is 72.5 Å². The monoisotopic (exact) mass is 549 g/mol. The van der Waals surface area contributed by atoms with Crippen LogP contribution in [-0.4, -0.2) is 56.9 Å². The lowest BCUT2D eigenvalue weighted by Crippen LogP contribution is -2.48. The predicted molar refractivity (Wildman–Crippen MR) is 136 cm³/mol. The molecule has 1 aliphatic heterocycles. The Bertz CT molecular complexity index is 985.